The maximum atomic E-state index is 12.3. The normalized spacial score (nSPS) is 10.4. The maximum Gasteiger partial charge on any atom is 0.287 e. The number of hydrogen-bond donors (Lipinski definition) is 3. The molecule has 0 bridgehead atoms. The third-order valence-corrected chi connectivity index (χ3v) is 4.65. The molecule has 132 valence electrons. The van der Waals surface area contributed by atoms with Crippen LogP contribution in [-0.2, 0) is 0 Å². The summed E-state index contributed by atoms with van der Waals surface area (Å²) in [4.78, 5) is 25.3. The fourth-order valence-electron chi connectivity index (χ4n) is 2.25. The minimum Gasteiger partial charge on any atom is -0.272 e. The Bertz CT molecular complexity index is 943. The van der Waals surface area contributed by atoms with Crippen LogP contribution < -0.4 is 10.9 Å². The number of aromatic amines is 1. The molecular weight excluding hydrogens is 372 g/mol. The standard InChI is InChI=1S/C18H15ClN4O2S/c1-26-12-7-8-14(19)13(9-12)17(24)22-23-18(25)16-10-15(20-21-16)11-5-3-2-4-6-11/h2-10H,1H3,(H,20,21)(H,22,24)(H,23,25). The molecule has 0 aliphatic heterocycles. The molecule has 6 nitrogen and oxygen atoms in total. The highest BCUT2D eigenvalue weighted by molar-refractivity contribution is 7.98. The number of nitrogens with zero attached hydrogens (tertiary/aromatic N) is 1. The van der Waals surface area contributed by atoms with Gasteiger partial charge in [0.25, 0.3) is 11.8 Å². The van der Waals surface area contributed by atoms with Crippen molar-refractivity contribution in [1.29, 1.82) is 0 Å². The van der Waals surface area contributed by atoms with Crippen LogP contribution in [0, 0.1) is 0 Å². The van der Waals surface area contributed by atoms with E-state index in [-0.39, 0.29) is 11.3 Å². The number of carbonyl (C=O) groups is 2. The lowest BCUT2D eigenvalue weighted by Crippen LogP contribution is -2.41. The van der Waals surface area contributed by atoms with Gasteiger partial charge in [0.1, 0.15) is 5.69 Å². The first kappa shape index (κ1) is 18.0. The van der Waals surface area contributed by atoms with E-state index in [4.69, 9.17) is 11.6 Å². The number of hydrogen-bond acceptors (Lipinski definition) is 4. The van der Waals surface area contributed by atoms with Crippen LogP contribution in [0.4, 0.5) is 0 Å². The predicted molar refractivity (Wildman–Crippen MR) is 102 cm³/mol. The van der Waals surface area contributed by atoms with Gasteiger partial charge in [-0.3, -0.25) is 25.5 Å². The molecule has 26 heavy (non-hydrogen) atoms. The first-order valence-electron chi connectivity index (χ1n) is 7.63. The Hall–Kier alpha value is -2.77. The molecule has 1 aromatic heterocycles. The Morgan fingerprint density at radius 3 is 2.50 bits per heavy atom. The van der Waals surface area contributed by atoms with Gasteiger partial charge >= 0.3 is 0 Å². The summed E-state index contributed by atoms with van der Waals surface area (Å²) in [5.41, 5.74) is 6.74. The second-order valence-electron chi connectivity index (χ2n) is 5.29. The molecule has 3 N–H and O–H groups in total. The van der Waals surface area contributed by atoms with E-state index in [1.165, 1.54) is 11.8 Å². The SMILES string of the molecule is CSc1ccc(Cl)c(C(=O)NNC(=O)c2cc(-c3ccccc3)n[nH]2)c1. The maximum absolute atomic E-state index is 12.3. The smallest absolute Gasteiger partial charge is 0.272 e. The van der Waals surface area contributed by atoms with Crippen LogP contribution in [0.15, 0.2) is 59.5 Å². The van der Waals surface area contributed by atoms with Gasteiger partial charge in [-0.25, -0.2) is 0 Å². The van der Waals surface area contributed by atoms with Crippen LogP contribution >= 0.6 is 23.4 Å². The van der Waals surface area contributed by atoms with Crippen LogP contribution in [0.2, 0.25) is 5.02 Å². The molecule has 8 heteroatoms. The van der Waals surface area contributed by atoms with Crippen LogP contribution in [0.1, 0.15) is 20.8 Å². The Morgan fingerprint density at radius 1 is 1.04 bits per heavy atom. The van der Waals surface area contributed by atoms with E-state index in [1.54, 1.807) is 18.2 Å². The fraction of sp³-hybridized carbons (Fsp3) is 0.0556. The van der Waals surface area contributed by atoms with Crippen molar-refractivity contribution in [3.05, 3.63) is 70.9 Å². The molecule has 0 fully saturated rings. The summed E-state index contributed by atoms with van der Waals surface area (Å²) in [6.45, 7) is 0. The largest absolute Gasteiger partial charge is 0.287 e. The number of halogens is 1. The molecule has 0 aliphatic carbocycles. The molecule has 0 saturated heterocycles. The van der Waals surface area contributed by atoms with Gasteiger partial charge in [-0.05, 0) is 30.5 Å². The number of H-pyrrole nitrogens is 1. The van der Waals surface area contributed by atoms with Gasteiger partial charge in [0.15, 0.2) is 0 Å². The summed E-state index contributed by atoms with van der Waals surface area (Å²) in [5.74, 6) is -1.01. The minimum atomic E-state index is -0.509. The number of amides is 2. The average molecular weight is 387 g/mol. The minimum absolute atomic E-state index is 0.230. The summed E-state index contributed by atoms with van der Waals surface area (Å²) < 4.78 is 0. The van der Waals surface area contributed by atoms with E-state index in [1.807, 2.05) is 42.7 Å². The molecule has 0 aliphatic rings. The number of thioether (sulfide) groups is 1. The first-order chi connectivity index (χ1) is 12.6. The molecule has 0 spiro atoms. The van der Waals surface area contributed by atoms with Crippen molar-refractivity contribution in [3.8, 4) is 11.3 Å². The van der Waals surface area contributed by atoms with Crippen molar-refractivity contribution >= 4 is 35.2 Å². The highest BCUT2D eigenvalue weighted by Crippen LogP contribution is 2.22. The van der Waals surface area contributed by atoms with Crippen LogP contribution in [0.25, 0.3) is 11.3 Å². The average Bonchev–Trinajstić information content (AvgIpc) is 3.17. The third-order valence-electron chi connectivity index (χ3n) is 3.60. The van der Waals surface area contributed by atoms with Crippen molar-refractivity contribution in [2.75, 3.05) is 6.26 Å². The predicted octanol–water partition coefficient (Wildman–Crippen LogP) is 3.53. The van der Waals surface area contributed by atoms with Crippen molar-refractivity contribution in [3.63, 3.8) is 0 Å². The van der Waals surface area contributed by atoms with Crippen molar-refractivity contribution < 1.29 is 9.59 Å². The molecule has 3 rings (SSSR count). The molecule has 0 radical (unpaired) electrons. The molecule has 0 unspecified atom stereocenters. The van der Waals surface area contributed by atoms with E-state index in [0.717, 1.165) is 10.5 Å². The number of carbonyl (C=O) groups excluding carboxylic acids is 2. The second kappa shape index (κ2) is 8.07. The van der Waals surface area contributed by atoms with E-state index in [9.17, 15) is 9.59 Å². The van der Waals surface area contributed by atoms with Gasteiger partial charge in [0.05, 0.1) is 16.3 Å². The summed E-state index contributed by atoms with van der Waals surface area (Å²) >= 11 is 7.54. The fourth-order valence-corrected chi connectivity index (χ4v) is 2.89. The van der Waals surface area contributed by atoms with Crippen molar-refractivity contribution in [1.82, 2.24) is 21.0 Å². The highest BCUT2D eigenvalue weighted by atomic mass is 35.5. The van der Waals surface area contributed by atoms with Gasteiger partial charge in [-0.15, -0.1) is 11.8 Å². The topological polar surface area (TPSA) is 86.9 Å². The first-order valence-corrected chi connectivity index (χ1v) is 9.24. The molecule has 2 amide bonds. The number of aromatic nitrogens is 2. The van der Waals surface area contributed by atoms with E-state index in [0.29, 0.717) is 10.7 Å². The van der Waals surface area contributed by atoms with Crippen molar-refractivity contribution in [2.24, 2.45) is 0 Å². The Balaban J connectivity index is 1.66. The van der Waals surface area contributed by atoms with Gasteiger partial charge < -0.3 is 0 Å². The zero-order chi connectivity index (χ0) is 18.5. The lowest BCUT2D eigenvalue weighted by Gasteiger charge is -2.08. The zero-order valence-corrected chi connectivity index (χ0v) is 15.3. The third kappa shape index (κ3) is 4.07. The number of hydrazine groups is 1. The number of benzene rings is 2. The highest BCUT2D eigenvalue weighted by Gasteiger charge is 2.15. The summed E-state index contributed by atoms with van der Waals surface area (Å²) in [7, 11) is 0. The van der Waals surface area contributed by atoms with E-state index >= 15 is 0 Å². The van der Waals surface area contributed by atoms with Crippen LogP contribution in [-0.4, -0.2) is 28.3 Å². The lowest BCUT2D eigenvalue weighted by molar-refractivity contribution is 0.0844. The lowest BCUT2D eigenvalue weighted by atomic mass is 10.1. The van der Waals surface area contributed by atoms with E-state index < -0.39 is 11.8 Å². The Labute approximate surface area is 159 Å². The second-order valence-corrected chi connectivity index (χ2v) is 6.57. The van der Waals surface area contributed by atoms with Crippen molar-refractivity contribution in [2.45, 2.75) is 4.90 Å². The molecule has 2 aromatic carbocycles. The summed E-state index contributed by atoms with van der Waals surface area (Å²) in [6, 6.07) is 16.2. The molecule has 3 aromatic rings. The van der Waals surface area contributed by atoms with Crippen LogP contribution in [0.3, 0.4) is 0 Å². The van der Waals surface area contributed by atoms with Gasteiger partial charge in [0.2, 0.25) is 0 Å². The van der Waals surface area contributed by atoms with E-state index in [2.05, 4.69) is 21.0 Å². The molecular formula is C18H15ClN4O2S. The van der Waals surface area contributed by atoms with Crippen LogP contribution in [0.5, 0.6) is 0 Å². The van der Waals surface area contributed by atoms with Gasteiger partial charge in [-0.2, -0.15) is 5.10 Å². The molecule has 0 atom stereocenters. The van der Waals surface area contributed by atoms with Gasteiger partial charge in [-0.1, -0.05) is 41.9 Å². The quantitative estimate of drug-likeness (QED) is 0.473. The summed E-state index contributed by atoms with van der Waals surface area (Å²) in [5, 5.41) is 7.07. The Kier molecular flexibility index (Phi) is 5.60. The number of nitrogens with one attached hydrogen (secondary N) is 3. The Morgan fingerprint density at radius 2 is 1.77 bits per heavy atom. The monoisotopic (exact) mass is 386 g/mol. The molecule has 0 saturated carbocycles. The zero-order valence-electron chi connectivity index (χ0n) is 13.7. The van der Waals surface area contributed by atoms with Gasteiger partial charge in [0, 0.05) is 10.5 Å². The number of rotatable bonds is 4. The molecule has 1 heterocycles. The summed E-state index contributed by atoms with van der Waals surface area (Å²) in [6.07, 6.45) is 1.90.